The topological polar surface area (TPSA) is 93.7 Å². The van der Waals surface area contributed by atoms with Crippen LogP contribution in [0.15, 0.2) is 47.4 Å². The van der Waals surface area contributed by atoms with Crippen LogP contribution >= 0.6 is 0 Å². The van der Waals surface area contributed by atoms with Gasteiger partial charge in [0.2, 0.25) is 5.91 Å². The molecule has 0 aliphatic rings. The first-order chi connectivity index (χ1) is 13.4. The molecular formula is C20H26N2O5S. The van der Waals surface area contributed by atoms with Crippen LogP contribution in [0, 0.1) is 6.92 Å². The van der Waals surface area contributed by atoms with Gasteiger partial charge in [0.05, 0.1) is 19.6 Å². The maximum absolute atomic E-state index is 12.8. The zero-order chi connectivity index (χ0) is 20.6. The first kappa shape index (κ1) is 21.7. The number of nitrogens with one attached hydrogen (secondary N) is 2. The van der Waals surface area contributed by atoms with Crippen molar-refractivity contribution in [2.75, 3.05) is 31.6 Å². The summed E-state index contributed by atoms with van der Waals surface area (Å²) < 4.78 is 38.5. The highest BCUT2D eigenvalue weighted by molar-refractivity contribution is 7.92. The summed E-state index contributed by atoms with van der Waals surface area (Å²) >= 11 is 0. The molecule has 1 amide bonds. The number of hydrogen-bond donors (Lipinski definition) is 2. The number of ether oxygens (including phenoxy) is 2. The lowest BCUT2D eigenvalue weighted by molar-refractivity contribution is -0.120. The van der Waals surface area contributed by atoms with Crippen molar-refractivity contribution in [3.8, 4) is 5.75 Å². The lowest BCUT2D eigenvalue weighted by Gasteiger charge is -2.13. The molecule has 152 valence electrons. The third-order valence-corrected chi connectivity index (χ3v) is 5.29. The van der Waals surface area contributed by atoms with Crippen LogP contribution in [0.3, 0.4) is 0 Å². The average molecular weight is 407 g/mol. The minimum absolute atomic E-state index is 0.0935. The van der Waals surface area contributed by atoms with Gasteiger partial charge >= 0.3 is 0 Å². The van der Waals surface area contributed by atoms with E-state index >= 15 is 0 Å². The predicted octanol–water partition coefficient (Wildman–Crippen LogP) is 2.50. The van der Waals surface area contributed by atoms with Crippen LogP contribution in [0.2, 0.25) is 0 Å². The summed E-state index contributed by atoms with van der Waals surface area (Å²) in [6.45, 7) is 4.89. The van der Waals surface area contributed by atoms with Crippen molar-refractivity contribution in [2.45, 2.75) is 25.2 Å². The fourth-order valence-electron chi connectivity index (χ4n) is 2.54. The Balaban J connectivity index is 2.09. The largest absolute Gasteiger partial charge is 0.492 e. The molecule has 7 nitrogen and oxygen atoms in total. The number of sulfonamides is 1. The zero-order valence-electron chi connectivity index (χ0n) is 16.3. The van der Waals surface area contributed by atoms with Gasteiger partial charge in [-0.25, -0.2) is 8.42 Å². The van der Waals surface area contributed by atoms with E-state index in [4.69, 9.17) is 9.47 Å². The number of amides is 1. The second kappa shape index (κ2) is 10.1. The van der Waals surface area contributed by atoms with Gasteiger partial charge in [-0.15, -0.1) is 0 Å². The Morgan fingerprint density at radius 1 is 1.11 bits per heavy atom. The molecule has 28 heavy (non-hydrogen) atoms. The van der Waals surface area contributed by atoms with E-state index in [9.17, 15) is 13.2 Å². The predicted molar refractivity (Wildman–Crippen MR) is 108 cm³/mol. The van der Waals surface area contributed by atoms with Gasteiger partial charge in [-0.05, 0) is 49.2 Å². The van der Waals surface area contributed by atoms with Gasteiger partial charge in [-0.1, -0.05) is 18.2 Å². The van der Waals surface area contributed by atoms with Crippen molar-refractivity contribution < 1.29 is 22.7 Å². The average Bonchev–Trinajstić information content (AvgIpc) is 2.65. The van der Waals surface area contributed by atoms with Crippen molar-refractivity contribution in [1.82, 2.24) is 5.32 Å². The lowest BCUT2D eigenvalue weighted by Crippen LogP contribution is -2.28. The summed E-state index contributed by atoms with van der Waals surface area (Å²) in [7, 11) is -2.24. The van der Waals surface area contributed by atoms with Gasteiger partial charge < -0.3 is 14.8 Å². The summed E-state index contributed by atoms with van der Waals surface area (Å²) in [6.07, 6.45) is 0.211. The molecule has 0 atom stereocenters. The molecule has 2 aromatic rings. The third kappa shape index (κ3) is 6.24. The Kier molecular flexibility index (Phi) is 7.83. The second-order valence-corrected chi connectivity index (χ2v) is 7.86. The van der Waals surface area contributed by atoms with Crippen LogP contribution < -0.4 is 14.8 Å². The van der Waals surface area contributed by atoms with E-state index in [1.54, 1.807) is 56.5 Å². The summed E-state index contributed by atoms with van der Waals surface area (Å²) in [6, 6.07) is 11.7. The number of aryl methyl sites for hydroxylation is 1. The number of methoxy groups -OCH3 is 1. The Bertz CT molecular complexity index is 895. The Labute approximate surface area is 166 Å². The molecule has 0 unspecified atom stereocenters. The number of rotatable bonds is 10. The number of carbonyl (C=O) groups excluding carboxylic acids is 1. The zero-order valence-corrected chi connectivity index (χ0v) is 17.1. The monoisotopic (exact) mass is 406 g/mol. The third-order valence-electron chi connectivity index (χ3n) is 3.89. The van der Waals surface area contributed by atoms with E-state index in [1.807, 2.05) is 6.92 Å². The Hall–Kier alpha value is -2.58. The molecule has 0 fully saturated rings. The van der Waals surface area contributed by atoms with Gasteiger partial charge in [0.25, 0.3) is 10.0 Å². The van der Waals surface area contributed by atoms with Gasteiger partial charge in [-0.2, -0.15) is 0 Å². The highest BCUT2D eigenvalue weighted by atomic mass is 32.2. The van der Waals surface area contributed by atoms with Crippen molar-refractivity contribution >= 4 is 21.6 Å². The number of anilines is 1. The molecule has 0 aliphatic heterocycles. The van der Waals surface area contributed by atoms with Crippen LogP contribution in [-0.4, -0.2) is 41.2 Å². The first-order valence-corrected chi connectivity index (χ1v) is 10.4. The molecule has 0 aliphatic carbocycles. The van der Waals surface area contributed by atoms with Crippen molar-refractivity contribution in [2.24, 2.45) is 0 Å². The van der Waals surface area contributed by atoms with Gasteiger partial charge in [0.1, 0.15) is 10.6 Å². The molecule has 2 aromatic carbocycles. The minimum Gasteiger partial charge on any atom is -0.492 e. The smallest absolute Gasteiger partial charge is 0.265 e. The van der Waals surface area contributed by atoms with E-state index in [1.165, 1.54) is 0 Å². The molecule has 0 saturated carbocycles. The molecule has 2 rings (SSSR count). The van der Waals surface area contributed by atoms with Crippen LogP contribution in [0.5, 0.6) is 5.75 Å². The Morgan fingerprint density at radius 3 is 2.46 bits per heavy atom. The van der Waals surface area contributed by atoms with Crippen LogP contribution in [-0.2, 0) is 26.0 Å². The van der Waals surface area contributed by atoms with E-state index in [2.05, 4.69) is 10.0 Å². The molecule has 0 aromatic heterocycles. The number of hydrogen-bond acceptors (Lipinski definition) is 5. The van der Waals surface area contributed by atoms with Crippen LogP contribution in [0.1, 0.15) is 18.1 Å². The maximum atomic E-state index is 12.8. The molecular weight excluding hydrogens is 380 g/mol. The molecule has 0 spiro atoms. The van der Waals surface area contributed by atoms with E-state index in [-0.39, 0.29) is 17.2 Å². The van der Waals surface area contributed by atoms with Crippen molar-refractivity contribution in [3.63, 3.8) is 0 Å². The molecule has 8 heteroatoms. The number of benzene rings is 2. The summed E-state index contributed by atoms with van der Waals surface area (Å²) in [4.78, 5) is 11.9. The second-order valence-electron chi connectivity index (χ2n) is 6.21. The maximum Gasteiger partial charge on any atom is 0.265 e. The molecule has 0 heterocycles. The highest BCUT2D eigenvalue weighted by Crippen LogP contribution is 2.27. The SMILES string of the molecule is CCOc1ccc(C)cc1S(=O)(=O)Nc1ccc(CC(=O)NCCOC)cc1. The molecule has 2 N–H and O–H groups in total. The lowest BCUT2D eigenvalue weighted by atomic mass is 10.1. The summed E-state index contributed by atoms with van der Waals surface area (Å²) in [5.74, 6) is 0.191. The van der Waals surface area contributed by atoms with Crippen molar-refractivity contribution in [3.05, 3.63) is 53.6 Å². The highest BCUT2D eigenvalue weighted by Gasteiger charge is 2.20. The van der Waals surface area contributed by atoms with E-state index in [0.29, 0.717) is 31.2 Å². The standard InChI is InChI=1S/C20H26N2O5S/c1-4-27-18-10-5-15(2)13-19(18)28(24,25)22-17-8-6-16(7-9-17)14-20(23)21-11-12-26-3/h5-10,13,22H,4,11-12,14H2,1-3H3,(H,21,23). The van der Waals surface area contributed by atoms with Gasteiger partial charge in [0.15, 0.2) is 0 Å². The van der Waals surface area contributed by atoms with Crippen molar-refractivity contribution in [1.29, 1.82) is 0 Å². The quantitative estimate of drug-likeness (QED) is 0.591. The molecule has 0 saturated heterocycles. The van der Waals surface area contributed by atoms with Crippen LogP contribution in [0.4, 0.5) is 5.69 Å². The Morgan fingerprint density at radius 2 is 1.82 bits per heavy atom. The molecule has 0 radical (unpaired) electrons. The minimum atomic E-state index is -3.81. The van der Waals surface area contributed by atoms with E-state index in [0.717, 1.165) is 11.1 Å². The van der Waals surface area contributed by atoms with E-state index < -0.39 is 10.0 Å². The fourth-order valence-corrected chi connectivity index (χ4v) is 3.83. The van der Waals surface area contributed by atoms with Gasteiger partial charge in [0, 0.05) is 19.3 Å². The first-order valence-electron chi connectivity index (χ1n) is 8.96. The molecule has 0 bridgehead atoms. The van der Waals surface area contributed by atoms with Crippen LogP contribution in [0.25, 0.3) is 0 Å². The summed E-state index contributed by atoms with van der Waals surface area (Å²) in [5, 5.41) is 2.74. The van der Waals surface area contributed by atoms with Gasteiger partial charge in [-0.3, -0.25) is 9.52 Å². The fraction of sp³-hybridized carbons (Fsp3) is 0.350. The summed E-state index contributed by atoms with van der Waals surface area (Å²) in [5.41, 5.74) is 2.01. The number of carbonyl (C=O) groups is 1. The normalized spacial score (nSPS) is 11.1.